The van der Waals surface area contributed by atoms with Gasteiger partial charge in [0.15, 0.2) is 12.1 Å². The maximum absolute atomic E-state index is 10.2. The summed E-state index contributed by atoms with van der Waals surface area (Å²) < 4.78 is 2.12. The van der Waals surface area contributed by atoms with Crippen molar-refractivity contribution in [1.29, 1.82) is 0 Å². The number of aryl methyl sites for hydroxylation is 1. The number of benzene rings is 1. The quantitative estimate of drug-likeness (QED) is 0.717. The Kier molecular flexibility index (Phi) is 3.50. The van der Waals surface area contributed by atoms with Crippen LogP contribution >= 0.6 is 0 Å². The van der Waals surface area contributed by atoms with Crippen LogP contribution in [0.15, 0.2) is 53.8 Å². The average Bonchev–Trinajstić information content (AvgIpc) is 3.23. The molecule has 0 bridgehead atoms. The first-order valence-corrected chi connectivity index (χ1v) is 10.3. The number of hydrogen-bond acceptors (Lipinski definition) is 5. The Morgan fingerprint density at radius 3 is 2.79 bits per heavy atom. The lowest BCUT2D eigenvalue weighted by Gasteiger charge is -2.54. The zero-order chi connectivity index (χ0) is 19.6. The van der Waals surface area contributed by atoms with Crippen molar-refractivity contribution in [2.45, 2.75) is 44.4 Å². The van der Waals surface area contributed by atoms with Crippen molar-refractivity contribution >= 4 is 12.0 Å². The van der Waals surface area contributed by atoms with Crippen molar-refractivity contribution in [2.75, 3.05) is 0 Å². The summed E-state index contributed by atoms with van der Waals surface area (Å²) in [6.45, 7) is 2.13. The fraction of sp³-hybridized carbons (Fsp3) is 0.391. The van der Waals surface area contributed by atoms with E-state index in [4.69, 9.17) is 9.83 Å². The molecule has 1 aliphatic heterocycles. The van der Waals surface area contributed by atoms with Crippen molar-refractivity contribution in [2.24, 2.45) is 16.3 Å². The SMILES string of the molecule is Cc1ccc(C2(C3(C4CC4)CC(O)C3)N=CON2)cc1-c1cccc2nccn12. The van der Waals surface area contributed by atoms with Gasteiger partial charge in [0.25, 0.3) is 0 Å². The van der Waals surface area contributed by atoms with Crippen molar-refractivity contribution in [3.63, 3.8) is 0 Å². The van der Waals surface area contributed by atoms with Crippen molar-refractivity contribution in [1.82, 2.24) is 14.9 Å². The molecule has 1 unspecified atom stereocenters. The summed E-state index contributed by atoms with van der Waals surface area (Å²) in [5.74, 6) is 0.569. The fourth-order valence-corrected chi connectivity index (χ4v) is 5.53. The molecule has 3 aromatic rings. The number of aliphatic imine (C=N–C) groups is 1. The number of nitrogens with zero attached hydrogens (tertiary/aromatic N) is 3. The number of fused-ring (bicyclic) bond motifs is 1. The molecule has 0 saturated heterocycles. The second kappa shape index (κ2) is 5.90. The molecule has 1 atom stereocenters. The van der Waals surface area contributed by atoms with Gasteiger partial charge in [-0.3, -0.25) is 4.40 Å². The Morgan fingerprint density at radius 2 is 2.07 bits per heavy atom. The van der Waals surface area contributed by atoms with E-state index in [1.54, 1.807) is 0 Å². The minimum absolute atomic E-state index is 0.104. The summed E-state index contributed by atoms with van der Waals surface area (Å²) in [5, 5.41) is 10.2. The van der Waals surface area contributed by atoms with Gasteiger partial charge in [-0.05, 0) is 67.9 Å². The van der Waals surface area contributed by atoms with Crippen LogP contribution in [0.2, 0.25) is 0 Å². The number of hydroxylamine groups is 1. The van der Waals surface area contributed by atoms with Crippen molar-refractivity contribution in [3.8, 4) is 11.3 Å². The fourth-order valence-electron chi connectivity index (χ4n) is 5.53. The van der Waals surface area contributed by atoms with Crippen LogP contribution < -0.4 is 5.48 Å². The number of aliphatic hydroxyl groups is 1. The van der Waals surface area contributed by atoms with E-state index < -0.39 is 5.66 Å². The summed E-state index contributed by atoms with van der Waals surface area (Å²) in [4.78, 5) is 14.8. The highest BCUT2D eigenvalue weighted by Gasteiger charge is 2.67. The molecule has 6 nitrogen and oxygen atoms in total. The molecule has 2 aromatic heterocycles. The van der Waals surface area contributed by atoms with Crippen LogP contribution in [-0.4, -0.2) is 27.0 Å². The molecule has 148 valence electrons. The van der Waals surface area contributed by atoms with E-state index in [1.165, 1.54) is 24.8 Å². The first-order chi connectivity index (χ1) is 14.1. The summed E-state index contributed by atoms with van der Waals surface area (Å²) in [6, 6.07) is 12.7. The third kappa shape index (κ3) is 2.30. The van der Waals surface area contributed by atoms with Gasteiger partial charge in [-0.15, -0.1) is 5.48 Å². The molecule has 2 aliphatic carbocycles. The van der Waals surface area contributed by atoms with Crippen LogP contribution in [0.25, 0.3) is 16.9 Å². The molecule has 6 heteroatoms. The third-order valence-electron chi connectivity index (χ3n) is 7.14. The lowest BCUT2D eigenvalue weighted by Crippen LogP contribution is -2.60. The van der Waals surface area contributed by atoms with Gasteiger partial charge < -0.3 is 9.94 Å². The molecule has 0 spiro atoms. The third-order valence-corrected chi connectivity index (χ3v) is 7.14. The second-order valence-electron chi connectivity index (χ2n) is 8.75. The topological polar surface area (TPSA) is 71.2 Å². The van der Waals surface area contributed by atoms with E-state index in [9.17, 15) is 5.11 Å². The maximum Gasteiger partial charge on any atom is 0.198 e. The molecular formula is C23H24N4O2. The van der Waals surface area contributed by atoms with Gasteiger partial charge >= 0.3 is 0 Å². The number of aliphatic hydroxyl groups excluding tert-OH is 1. The normalized spacial score (nSPS) is 31.0. The highest BCUT2D eigenvalue weighted by molar-refractivity contribution is 5.68. The smallest absolute Gasteiger partial charge is 0.198 e. The van der Waals surface area contributed by atoms with Crippen LogP contribution in [0.5, 0.6) is 0 Å². The number of hydrogen-bond donors (Lipinski definition) is 2. The zero-order valence-corrected chi connectivity index (χ0v) is 16.4. The molecule has 3 heterocycles. The standard InChI is InChI=1S/C23H24N4O2/c1-15-5-6-17(11-19(15)20-3-2-4-21-24-9-10-27(20)21)23(25-14-29-26-23)22(16-7-8-16)12-18(28)13-22/h2-6,9-11,14,16,18,26,28H,7-8,12-13H2,1H3. The van der Waals surface area contributed by atoms with Gasteiger partial charge in [-0.2, -0.15) is 0 Å². The van der Waals surface area contributed by atoms with E-state index in [1.807, 2.05) is 24.5 Å². The Morgan fingerprint density at radius 1 is 1.21 bits per heavy atom. The van der Waals surface area contributed by atoms with Gasteiger partial charge in [0.2, 0.25) is 0 Å². The first-order valence-electron chi connectivity index (χ1n) is 10.3. The molecular weight excluding hydrogens is 364 g/mol. The minimum atomic E-state index is -0.654. The summed E-state index contributed by atoms with van der Waals surface area (Å²) in [7, 11) is 0. The molecule has 3 aliphatic rings. The highest BCUT2D eigenvalue weighted by atomic mass is 16.7. The summed E-state index contributed by atoms with van der Waals surface area (Å²) in [6.07, 6.45) is 8.98. The average molecular weight is 388 g/mol. The van der Waals surface area contributed by atoms with Gasteiger partial charge in [0, 0.05) is 23.4 Å². The highest BCUT2D eigenvalue weighted by Crippen LogP contribution is 2.66. The molecule has 2 fully saturated rings. The first kappa shape index (κ1) is 17.2. The van der Waals surface area contributed by atoms with Gasteiger partial charge in [0.1, 0.15) is 5.65 Å². The molecule has 6 rings (SSSR count). The summed E-state index contributed by atoms with van der Waals surface area (Å²) >= 11 is 0. The number of pyridine rings is 1. The molecule has 2 saturated carbocycles. The van der Waals surface area contributed by atoms with E-state index >= 15 is 0 Å². The Balaban J connectivity index is 1.53. The van der Waals surface area contributed by atoms with E-state index in [2.05, 4.69) is 46.1 Å². The van der Waals surface area contributed by atoms with Gasteiger partial charge in [0.05, 0.1) is 11.8 Å². The van der Waals surface area contributed by atoms with E-state index in [0.717, 1.165) is 35.3 Å². The number of imidazole rings is 1. The number of aromatic nitrogens is 2. The van der Waals surface area contributed by atoms with Crippen molar-refractivity contribution in [3.05, 3.63) is 59.9 Å². The molecule has 0 radical (unpaired) electrons. The zero-order valence-electron chi connectivity index (χ0n) is 16.4. The van der Waals surface area contributed by atoms with Gasteiger partial charge in [-0.25, -0.2) is 9.98 Å². The van der Waals surface area contributed by atoms with E-state index in [0.29, 0.717) is 5.92 Å². The van der Waals surface area contributed by atoms with Crippen LogP contribution in [0.1, 0.15) is 36.8 Å². The van der Waals surface area contributed by atoms with Crippen LogP contribution in [0.3, 0.4) is 0 Å². The Labute approximate surface area is 169 Å². The molecule has 0 amide bonds. The van der Waals surface area contributed by atoms with Crippen LogP contribution in [-0.2, 0) is 10.5 Å². The Bertz CT molecular complexity index is 1130. The van der Waals surface area contributed by atoms with E-state index in [-0.39, 0.29) is 11.5 Å². The molecule has 2 N–H and O–H groups in total. The summed E-state index contributed by atoms with van der Waals surface area (Å²) in [5.41, 5.74) is 7.96. The second-order valence-corrected chi connectivity index (χ2v) is 8.75. The van der Waals surface area contributed by atoms with Crippen molar-refractivity contribution < 1.29 is 9.94 Å². The van der Waals surface area contributed by atoms with Crippen LogP contribution in [0, 0.1) is 18.3 Å². The lowest BCUT2D eigenvalue weighted by atomic mass is 9.55. The lowest BCUT2D eigenvalue weighted by molar-refractivity contribution is -0.130. The number of nitrogens with one attached hydrogen (secondary N) is 1. The van der Waals surface area contributed by atoms with Gasteiger partial charge in [-0.1, -0.05) is 18.2 Å². The molecule has 1 aromatic carbocycles. The minimum Gasteiger partial charge on any atom is -0.394 e. The Hall–Kier alpha value is -2.70. The monoisotopic (exact) mass is 388 g/mol. The number of rotatable bonds is 4. The molecule has 29 heavy (non-hydrogen) atoms. The predicted molar refractivity (Wildman–Crippen MR) is 110 cm³/mol. The maximum atomic E-state index is 10.2. The van der Waals surface area contributed by atoms with Crippen LogP contribution in [0.4, 0.5) is 0 Å². The largest absolute Gasteiger partial charge is 0.394 e. The predicted octanol–water partition coefficient (Wildman–Crippen LogP) is 3.58.